The van der Waals surface area contributed by atoms with E-state index in [4.69, 9.17) is 0 Å². The molecule has 2 aromatic carbocycles. The summed E-state index contributed by atoms with van der Waals surface area (Å²) in [7, 11) is 0. The van der Waals surface area contributed by atoms with E-state index in [0.29, 0.717) is 5.92 Å². The van der Waals surface area contributed by atoms with E-state index >= 15 is 0 Å². The second-order valence-electron chi connectivity index (χ2n) is 4.74. The first-order valence-electron chi connectivity index (χ1n) is 6.23. The molecule has 1 saturated heterocycles. The highest BCUT2D eigenvalue weighted by atomic mass is 19.1. The van der Waals surface area contributed by atoms with Gasteiger partial charge in [0.15, 0.2) is 0 Å². The molecule has 1 aliphatic rings. The standard InChI is InChI=1S/C15H16FN/c16-13-4-5-15-12(10-13)2-1-3-14(15)11-6-8-17-9-7-11/h1-5,10-11,17H,6-9H2. The summed E-state index contributed by atoms with van der Waals surface area (Å²) >= 11 is 0. The summed E-state index contributed by atoms with van der Waals surface area (Å²) in [5, 5.41) is 5.61. The van der Waals surface area contributed by atoms with Gasteiger partial charge in [-0.1, -0.05) is 24.3 Å². The highest BCUT2D eigenvalue weighted by molar-refractivity contribution is 5.86. The highest BCUT2D eigenvalue weighted by Gasteiger charge is 2.17. The van der Waals surface area contributed by atoms with Gasteiger partial charge < -0.3 is 5.32 Å². The normalized spacial score (nSPS) is 17.5. The molecule has 1 aliphatic heterocycles. The molecule has 88 valence electrons. The van der Waals surface area contributed by atoms with E-state index < -0.39 is 0 Å². The molecule has 0 aromatic heterocycles. The van der Waals surface area contributed by atoms with E-state index in [1.165, 1.54) is 23.8 Å². The minimum Gasteiger partial charge on any atom is -0.317 e. The van der Waals surface area contributed by atoms with Gasteiger partial charge in [-0.3, -0.25) is 0 Å². The van der Waals surface area contributed by atoms with E-state index in [0.717, 1.165) is 18.5 Å². The van der Waals surface area contributed by atoms with Gasteiger partial charge in [0.25, 0.3) is 0 Å². The van der Waals surface area contributed by atoms with E-state index in [9.17, 15) is 4.39 Å². The van der Waals surface area contributed by atoms with Crippen molar-refractivity contribution in [1.29, 1.82) is 0 Å². The van der Waals surface area contributed by atoms with Crippen LogP contribution in [0.3, 0.4) is 0 Å². The maximum Gasteiger partial charge on any atom is 0.123 e. The molecule has 1 heterocycles. The van der Waals surface area contributed by atoms with Crippen LogP contribution in [0, 0.1) is 5.82 Å². The molecule has 0 aliphatic carbocycles. The molecule has 0 unspecified atom stereocenters. The lowest BCUT2D eigenvalue weighted by atomic mass is 9.87. The third kappa shape index (κ3) is 2.05. The minimum absolute atomic E-state index is 0.153. The molecular formula is C15H16FN. The number of halogens is 1. The Labute approximate surface area is 101 Å². The molecule has 0 radical (unpaired) electrons. The molecular weight excluding hydrogens is 213 g/mol. The van der Waals surface area contributed by atoms with Crippen molar-refractivity contribution in [2.75, 3.05) is 13.1 Å². The molecule has 0 saturated carbocycles. The van der Waals surface area contributed by atoms with Gasteiger partial charge in [0, 0.05) is 0 Å². The average molecular weight is 229 g/mol. The second kappa shape index (κ2) is 4.46. The van der Waals surface area contributed by atoms with Crippen molar-refractivity contribution in [3.8, 4) is 0 Å². The van der Waals surface area contributed by atoms with Crippen LogP contribution in [0.4, 0.5) is 4.39 Å². The van der Waals surface area contributed by atoms with Crippen molar-refractivity contribution < 1.29 is 4.39 Å². The zero-order valence-electron chi connectivity index (χ0n) is 9.75. The number of hydrogen-bond donors (Lipinski definition) is 1. The van der Waals surface area contributed by atoms with Crippen LogP contribution in [-0.4, -0.2) is 13.1 Å². The monoisotopic (exact) mass is 229 g/mol. The largest absolute Gasteiger partial charge is 0.317 e. The maximum atomic E-state index is 13.2. The van der Waals surface area contributed by atoms with Gasteiger partial charge in [-0.15, -0.1) is 0 Å². The summed E-state index contributed by atoms with van der Waals surface area (Å²) in [5.41, 5.74) is 1.38. The van der Waals surface area contributed by atoms with Gasteiger partial charge in [0.05, 0.1) is 0 Å². The first-order chi connectivity index (χ1) is 8.34. The molecule has 3 rings (SSSR count). The number of fused-ring (bicyclic) bond motifs is 1. The first kappa shape index (κ1) is 10.7. The molecule has 1 N–H and O–H groups in total. The molecule has 0 atom stereocenters. The van der Waals surface area contributed by atoms with E-state index in [2.05, 4.69) is 11.4 Å². The molecule has 2 heteroatoms. The fourth-order valence-corrected chi connectivity index (χ4v) is 2.77. The zero-order valence-corrected chi connectivity index (χ0v) is 9.75. The fraction of sp³-hybridized carbons (Fsp3) is 0.333. The molecule has 17 heavy (non-hydrogen) atoms. The number of piperidine rings is 1. The third-order valence-electron chi connectivity index (χ3n) is 3.66. The van der Waals surface area contributed by atoms with Crippen molar-refractivity contribution in [3.63, 3.8) is 0 Å². The van der Waals surface area contributed by atoms with E-state index in [-0.39, 0.29) is 5.82 Å². The number of nitrogens with one attached hydrogen (secondary N) is 1. The van der Waals surface area contributed by atoms with Crippen LogP contribution in [0.1, 0.15) is 24.3 Å². The Hall–Kier alpha value is -1.41. The Balaban J connectivity index is 2.09. The number of hydrogen-bond acceptors (Lipinski definition) is 1. The predicted octanol–water partition coefficient (Wildman–Crippen LogP) is 3.45. The summed E-state index contributed by atoms with van der Waals surface area (Å²) in [6.07, 6.45) is 2.35. The van der Waals surface area contributed by atoms with Gasteiger partial charge in [-0.05, 0) is 60.3 Å². The van der Waals surface area contributed by atoms with Crippen LogP contribution in [0.5, 0.6) is 0 Å². The summed E-state index contributed by atoms with van der Waals surface area (Å²) < 4.78 is 13.2. The summed E-state index contributed by atoms with van der Waals surface area (Å²) in [6, 6.07) is 11.3. The molecule has 0 bridgehead atoms. The molecule has 0 amide bonds. The SMILES string of the molecule is Fc1ccc2c(C3CCNCC3)cccc2c1. The van der Waals surface area contributed by atoms with Crippen molar-refractivity contribution in [2.45, 2.75) is 18.8 Å². The highest BCUT2D eigenvalue weighted by Crippen LogP contribution is 2.31. The molecule has 2 aromatic rings. The Kier molecular flexibility index (Phi) is 2.81. The predicted molar refractivity (Wildman–Crippen MR) is 68.8 cm³/mol. The maximum absolute atomic E-state index is 13.2. The Morgan fingerprint density at radius 3 is 2.71 bits per heavy atom. The topological polar surface area (TPSA) is 12.0 Å². The van der Waals surface area contributed by atoms with Crippen LogP contribution >= 0.6 is 0 Å². The average Bonchev–Trinajstić information content (AvgIpc) is 2.39. The lowest BCUT2D eigenvalue weighted by molar-refractivity contribution is 0.462. The third-order valence-corrected chi connectivity index (χ3v) is 3.66. The van der Waals surface area contributed by atoms with Crippen LogP contribution in [0.2, 0.25) is 0 Å². The van der Waals surface area contributed by atoms with Gasteiger partial charge >= 0.3 is 0 Å². The smallest absolute Gasteiger partial charge is 0.123 e. The summed E-state index contributed by atoms with van der Waals surface area (Å²) in [6.45, 7) is 2.17. The Morgan fingerprint density at radius 2 is 1.88 bits per heavy atom. The zero-order chi connectivity index (χ0) is 11.7. The first-order valence-corrected chi connectivity index (χ1v) is 6.23. The van der Waals surface area contributed by atoms with E-state index in [1.54, 1.807) is 12.1 Å². The molecule has 1 nitrogen and oxygen atoms in total. The van der Waals surface area contributed by atoms with Crippen LogP contribution < -0.4 is 5.32 Å². The van der Waals surface area contributed by atoms with Gasteiger partial charge in [0.1, 0.15) is 5.82 Å². The van der Waals surface area contributed by atoms with Gasteiger partial charge in [-0.25, -0.2) is 4.39 Å². The Bertz CT molecular complexity index is 529. The van der Waals surface area contributed by atoms with Crippen molar-refractivity contribution in [1.82, 2.24) is 5.32 Å². The van der Waals surface area contributed by atoms with Gasteiger partial charge in [0.2, 0.25) is 0 Å². The van der Waals surface area contributed by atoms with E-state index in [1.807, 2.05) is 18.2 Å². The summed E-state index contributed by atoms with van der Waals surface area (Å²) in [4.78, 5) is 0. The van der Waals surface area contributed by atoms with Gasteiger partial charge in [-0.2, -0.15) is 0 Å². The van der Waals surface area contributed by atoms with Crippen LogP contribution in [-0.2, 0) is 0 Å². The lowest BCUT2D eigenvalue weighted by Crippen LogP contribution is -2.26. The Morgan fingerprint density at radius 1 is 1.06 bits per heavy atom. The van der Waals surface area contributed by atoms with Crippen molar-refractivity contribution in [2.24, 2.45) is 0 Å². The number of benzene rings is 2. The molecule has 0 spiro atoms. The van der Waals surface area contributed by atoms with Crippen molar-refractivity contribution in [3.05, 3.63) is 47.8 Å². The molecule has 1 fully saturated rings. The minimum atomic E-state index is -0.153. The summed E-state index contributed by atoms with van der Waals surface area (Å²) in [5.74, 6) is 0.463. The quantitative estimate of drug-likeness (QED) is 0.789. The van der Waals surface area contributed by atoms with Crippen LogP contribution in [0.25, 0.3) is 10.8 Å². The fourth-order valence-electron chi connectivity index (χ4n) is 2.77. The second-order valence-corrected chi connectivity index (χ2v) is 4.74. The van der Waals surface area contributed by atoms with Crippen molar-refractivity contribution >= 4 is 10.8 Å². The number of rotatable bonds is 1. The lowest BCUT2D eigenvalue weighted by Gasteiger charge is -2.24. The van der Waals surface area contributed by atoms with Crippen LogP contribution in [0.15, 0.2) is 36.4 Å².